The van der Waals surface area contributed by atoms with Gasteiger partial charge in [0.05, 0.1) is 6.20 Å². The van der Waals surface area contributed by atoms with Crippen LogP contribution in [-0.4, -0.2) is 4.68 Å². The Morgan fingerprint density at radius 3 is 2.70 bits per heavy atom. The SMILES string of the molecule is CC(C)[n+]1cccn1C#N. The van der Waals surface area contributed by atoms with Gasteiger partial charge in [-0.3, -0.25) is 0 Å². The molecule has 0 atom stereocenters. The van der Waals surface area contributed by atoms with Crippen LogP contribution in [0.4, 0.5) is 0 Å². The van der Waals surface area contributed by atoms with E-state index in [0.29, 0.717) is 6.04 Å². The van der Waals surface area contributed by atoms with Gasteiger partial charge < -0.3 is 0 Å². The highest BCUT2D eigenvalue weighted by Gasteiger charge is 2.10. The average Bonchev–Trinajstić information content (AvgIpc) is 2.33. The average molecular weight is 136 g/mol. The van der Waals surface area contributed by atoms with Crippen LogP contribution in [0.3, 0.4) is 0 Å². The Morgan fingerprint density at radius 1 is 1.60 bits per heavy atom. The summed E-state index contributed by atoms with van der Waals surface area (Å²) in [4.78, 5) is 0. The number of nitriles is 1. The predicted octanol–water partition coefficient (Wildman–Crippen LogP) is 0.686. The molecular formula is C7H10N3+. The minimum Gasteiger partial charge on any atom is -0.167 e. The number of rotatable bonds is 1. The third-order valence-corrected chi connectivity index (χ3v) is 1.35. The van der Waals surface area contributed by atoms with Crippen LogP contribution in [0.1, 0.15) is 19.9 Å². The van der Waals surface area contributed by atoms with Crippen LogP contribution in [0.5, 0.6) is 0 Å². The van der Waals surface area contributed by atoms with Crippen molar-refractivity contribution in [3.63, 3.8) is 0 Å². The highest BCUT2D eigenvalue weighted by molar-refractivity contribution is 4.80. The van der Waals surface area contributed by atoms with E-state index in [0.717, 1.165) is 0 Å². The predicted molar refractivity (Wildman–Crippen MR) is 36.0 cm³/mol. The molecule has 3 nitrogen and oxygen atoms in total. The molecule has 3 heteroatoms. The van der Waals surface area contributed by atoms with E-state index in [1.807, 2.05) is 37.0 Å². The van der Waals surface area contributed by atoms with Crippen molar-refractivity contribution < 1.29 is 4.68 Å². The van der Waals surface area contributed by atoms with Crippen LogP contribution < -0.4 is 4.68 Å². The third kappa shape index (κ3) is 1.01. The fourth-order valence-electron chi connectivity index (χ4n) is 0.863. The van der Waals surface area contributed by atoms with Crippen LogP contribution in [-0.2, 0) is 0 Å². The van der Waals surface area contributed by atoms with E-state index in [1.165, 1.54) is 4.68 Å². The van der Waals surface area contributed by atoms with Crippen molar-refractivity contribution >= 4 is 0 Å². The zero-order valence-electron chi connectivity index (χ0n) is 6.15. The van der Waals surface area contributed by atoms with Gasteiger partial charge in [-0.1, -0.05) is 9.36 Å². The molecule has 0 amide bonds. The second kappa shape index (κ2) is 2.53. The second-order valence-electron chi connectivity index (χ2n) is 2.41. The quantitative estimate of drug-likeness (QED) is 0.523. The molecule has 0 bridgehead atoms. The van der Waals surface area contributed by atoms with Crippen LogP contribution in [0.25, 0.3) is 0 Å². The summed E-state index contributed by atoms with van der Waals surface area (Å²) >= 11 is 0. The molecule has 1 rings (SSSR count). The Balaban J connectivity index is 3.05. The first-order valence-corrected chi connectivity index (χ1v) is 3.24. The molecule has 1 aromatic heterocycles. The smallest absolute Gasteiger partial charge is 0.167 e. The summed E-state index contributed by atoms with van der Waals surface area (Å²) in [6, 6.07) is 2.19. The Bertz CT molecular complexity index is 254. The monoisotopic (exact) mass is 136 g/mol. The molecule has 0 aliphatic heterocycles. The summed E-state index contributed by atoms with van der Waals surface area (Å²) < 4.78 is 3.37. The molecule has 0 spiro atoms. The fraction of sp³-hybridized carbons (Fsp3) is 0.429. The zero-order chi connectivity index (χ0) is 7.56. The topological polar surface area (TPSA) is 32.6 Å². The summed E-state index contributed by atoms with van der Waals surface area (Å²) in [5.74, 6) is 0. The lowest BCUT2D eigenvalue weighted by molar-refractivity contribution is -0.783. The van der Waals surface area contributed by atoms with Gasteiger partial charge in [-0.05, 0) is 13.8 Å². The van der Waals surface area contributed by atoms with Crippen molar-refractivity contribution in [3.8, 4) is 6.19 Å². The van der Waals surface area contributed by atoms with Crippen LogP contribution in [0, 0.1) is 11.5 Å². The summed E-state index contributed by atoms with van der Waals surface area (Å²) in [5, 5.41) is 8.55. The lowest BCUT2D eigenvalue weighted by Gasteiger charge is -1.95. The highest BCUT2D eigenvalue weighted by Crippen LogP contribution is 1.89. The van der Waals surface area contributed by atoms with Crippen LogP contribution >= 0.6 is 0 Å². The lowest BCUT2D eigenvalue weighted by atomic mass is 10.4. The van der Waals surface area contributed by atoms with Crippen molar-refractivity contribution in [2.45, 2.75) is 19.9 Å². The van der Waals surface area contributed by atoms with E-state index < -0.39 is 0 Å². The maximum Gasteiger partial charge on any atom is 0.244 e. The summed E-state index contributed by atoms with van der Waals surface area (Å²) in [6.07, 6.45) is 5.66. The van der Waals surface area contributed by atoms with Gasteiger partial charge in [0.25, 0.3) is 0 Å². The van der Waals surface area contributed by atoms with E-state index in [-0.39, 0.29) is 0 Å². The molecule has 0 N–H and O–H groups in total. The summed E-state index contributed by atoms with van der Waals surface area (Å²) in [7, 11) is 0. The maximum atomic E-state index is 8.55. The molecule has 0 radical (unpaired) electrons. The minimum absolute atomic E-state index is 0.342. The molecule has 0 saturated heterocycles. The molecule has 0 aliphatic rings. The van der Waals surface area contributed by atoms with Crippen LogP contribution in [0.15, 0.2) is 18.5 Å². The Labute approximate surface area is 60.1 Å². The van der Waals surface area contributed by atoms with E-state index >= 15 is 0 Å². The Hall–Kier alpha value is -1.30. The molecule has 1 aromatic rings. The van der Waals surface area contributed by atoms with Crippen molar-refractivity contribution in [3.05, 3.63) is 18.5 Å². The summed E-state index contributed by atoms with van der Waals surface area (Å²) in [6.45, 7) is 4.07. The highest BCUT2D eigenvalue weighted by atomic mass is 15.4. The van der Waals surface area contributed by atoms with E-state index in [9.17, 15) is 0 Å². The van der Waals surface area contributed by atoms with Gasteiger partial charge in [0, 0.05) is 6.07 Å². The molecule has 0 unspecified atom stereocenters. The number of aromatic nitrogens is 2. The normalized spacial score (nSPS) is 9.80. The van der Waals surface area contributed by atoms with Crippen LogP contribution in [0.2, 0.25) is 0 Å². The van der Waals surface area contributed by atoms with Gasteiger partial charge in [0.2, 0.25) is 6.19 Å². The molecule has 10 heavy (non-hydrogen) atoms. The van der Waals surface area contributed by atoms with E-state index in [4.69, 9.17) is 5.26 Å². The van der Waals surface area contributed by atoms with E-state index in [2.05, 4.69) is 0 Å². The lowest BCUT2D eigenvalue weighted by Crippen LogP contribution is -2.42. The maximum absolute atomic E-state index is 8.55. The minimum atomic E-state index is 0.342. The summed E-state index contributed by atoms with van der Waals surface area (Å²) in [5.41, 5.74) is 0. The van der Waals surface area contributed by atoms with Crippen molar-refractivity contribution in [1.29, 1.82) is 5.26 Å². The van der Waals surface area contributed by atoms with Gasteiger partial charge >= 0.3 is 0 Å². The van der Waals surface area contributed by atoms with Crippen molar-refractivity contribution in [1.82, 2.24) is 4.68 Å². The van der Waals surface area contributed by atoms with Crippen molar-refractivity contribution in [2.24, 2.45) is 0 Å². The molecule has 1 heterocycles. The molecule has 52 valence electrons. The Morgan fingerprint density at radius 2 is 2.30 bits per heavy atom. The molecule has 0 aromatic carbocycles. The van der Waals surface area contributed by atoms with Gasteiger partial charge in [-0.25, -0.2) is 0 Å². The van der Waals surface area contributed by atoms with Gasteiger partial charge in [-0.2, -0.15) is 5.26 Å². The number of hydrogen-bond acceptors (Lipinski definition) is 1. The first kappa shape index (κ1) is 6.81. The second-order valence-corrected chi connectivity index (χ2v) is 2.41. The van der Waals surface area contributed by atoms with Gasteiger partial charge in [-0.15, -0.1) is 0 Å². The van der Waals surface area contributed by atoms with E-state index in [1.54, 1.807) is 6.20 Å². The molecule has 0 aliphatic carbocycles. The zero-order valence-corrected chi connectivity index (χ0v) is 6.15. The number of hydrogen-bond donors (Lipinski definition) is 0. The van der Waals surface area contributed by atoms with Gasteiger partial charge in [0.1, 0.15) is 0 Å². The van der Waals surface area contributed by atoms with Crippen molar-refractivity contribution in [2.75, 3.05) is 0 Å². The molecular weight excluding hydrogens is 126 g/mol. The first-order valence-electron chi connectivity index (χ1n) is 3.24. The molecule has 0 fully saturated rings. The van der Waals surface area contributed by atoms with Gasteiger partial charge in [0.15, 0.2) is 12.2 Å². The standard InChI is InChI=1S/C7H10N3/c1-7(2)10-5-3-4-9(10)6-8/h3-5,7H,1-2H3/q+1. The first-order chi connectivity index (χ1) is 4.75. The third-order valence-electron chi connectivity index (χ3n) is 1.35. The molecule has 0 saturated carbocycles. The fourth-order valence-corrected chi connectivity index (χ4v) is 0.863. The Kier molecular flexibility index (Phi) is 1.72. The largest absolute Gasteiger partial charge is 0.244 e. The number of nitrogens with zero attached hydrogens (tertiary/aromatic N) is 3.